The molecule has 0 radical (unpaired) electrons. The minimum absolute atomic E-state index is 0.174. The molecule has 2 nitrogen and oxygen atoms in total. The van der Waals surface area contributed by atoms with E-state index in [0.717, 1.165) is 6.54 Å². The lowest BCUT2D eigenvalue weighted by molar-refractivity contribution is 0.0732. The molecule has 1 aromatic rings. The van der Waals surface area contributed by atoms with E-state index in [1.54, 1.807) is 0 Å². The Morgan fingerprint density at radius 3 is 2.12 bits per heavy atom. The van der Waals surface area contributed by atoms with Crippen molar-refractivity contribution >= 4 is 0 Å². The van der Waals surface area contributed by atoms with Gasteiger partial charge in [-0.1, -0.05) is 12.1 Å². The smallest absolute Gasteiger partial charge is 0.0610 e. The molecule has 1 rings (SSSR count). The van der Waals surface area contributed by atoms with Crippen LogP contribution in [0.3, 0.4) is 0 Å². The van der Waals surface area contributed by atoms with Crippen molar-refractivity contribution in [3.63, 3.8) is 0 Å². The zero-order valence-corrected chi connectivity index (χ0v) is 12.0. The average Bonchev–Trinajstić information content (AvgIpc) is 2.25. The summed E-state index contributed by atoms with van der Waals surface area (Å²) in [6.07, 6.45) is 0. The molecular formula is C15H25NO. The van der Waals surface area contributed by atoms with Gasteiger partial charge in [-0.25, -0.2) is 0 Å². The maximum Gasteiger partial charge on any atom is 0.0610 e. The maximum atomic E-state index is 9.37. The molecule has 0 aliphatic carbocycles. The molecule has 0 saturated carbocycles. The lowest BCUT2D eigenvalue weighted by Crippen LogP contribution is -2.43. The summed E-state index contributed by atoms with van der Waals surface area (Å²) in [5, 5.41) is 9.37. The molecule has 0 saturated heterocycles. The Morgan fingerprint density at radius 1 is 1.06 bits per heavy atom. The van der Waals surface area contributed by atoms with Crippen LogP contribution in [-0.4, -0.2) is 29.2 Å². The van der Waals surface area contributed by atoms with Crippen LogP contribution < -0.4 is 0 Å². The SMILES string of the molecule is Cc1cc(C)c(CN(C)C(C)(C)CO)cc1C. The molecule has 0 aliphatic heterocycles. The number of rotatable bonds is 4. The van der Waals surface area contributed by atoms with Crippen LogP contribution in [0.1, 0.15) is 36.1 Å². The summed E-state index contributed by atoms with van der Waals surface area (Å²) < 4.78 is 0. The van der Waals surface area contributed by atoms with Gasteiger partial charge in [0.1, 0.15) is 0 Å². The van der Waals surface area contributed by atoms with E-state index in [1.807, 2.05) is 0 Å². The maximum absolute atomic E-state index is 9.37. The number of aliphatic hydroxyl groups excluding tert-OH is 1. The topological polar surface area (TPSA) is 23.5 Å². The van der Waals surface area contributed by atoms with Crippen molar-refractivity contribution in [3.8, 4) is 0 Å². The third kappa shape index (κ3) is 3.30. The zero-order valence-electron chi connectivity index (χ0n) is 12.0. The third-order valence-corrected chi connectivity index (χ3v) is 3.78. The molecule has 0 atom stereocenters. The Bertz CT molecular complexity index is 396. The van der Waals surface area contributed by atoms with Crippen molar-refractivity contribution in [2.75, 3.05) is 13.7 Å². The van der Waals surface area contributed by atoms with Crippen molar-refractivity contribution in [3.05, 3.63) is 34.4 Å². The standard InChI is InChI=1S/C15H25NO/c1-11-7-13(3)14(8-12(11)2)9-16(6)15(4,5)10-17/h7-8,17H,9-10H2,1-6H3. The number of likely N-dealkylation sites (N-methyl/N-ethyl adjacent to an activating group) is 1. The number of benzene rings is 1. The van der Waals surface area contributed by atoms with Gasteiger partial charge in [0, 0.05) is 12.1 Å². The second-order valence-electron chi connectivity index (χ2n) is 5.69. The van der Waals surface area contributed by atoms with Gasteiger partial charge in [-0.3, -0.25) is 4.90 Å². The highest BCUT2D eigenvalue weighted by Crippen LogP contribution is 2.20. The molecule has 96 valence electrons. The number of hydrogen-bond acceptors (Lipinski definition) is 2. The average molecular weight is 235 g/mol. The van der Waals surface area contributed by atoms with E-state index in [4.69, 9.17) is 0 Å². The highest BCUT2D eigenvalue weighted by atomic mass is 16.3. The fraction of sp³-hybridized carbons (Fsp3) is 0.600. The lowest BCUT2D eigenvalue weighted by Gasteiger charge is -2.34. The van der Waals surface area contributed by atoms with Crippen LogP contribution in [0, 0.1) is 20.8 Å². The van der Waals surface area contributed by atoms with Crippen molar-refractivity contribution in [1.82, 2.24) is 4.90 Å². The molecule has 0 aromatic heterocycles. The lowest BCUT2D eigenvalue weighted by atomic mass is 9.98. The van der Waals surface area contributed by atoms with Gasteiger partial charge in [0.05, 0.1) is 6.61 Å². The predicted octanol–water partition coefficient (Wildman–Crippen LogP) is 2.81. The van der Waals surface area contributed by atoms with E-state index in [-0.39, 0.29) is 12.1 Å². The summed E-state index contributed by atoms with van der Waals surface area (Å²) in [6, 6.07) is 4.50. The first-order valence-electron chi connectivity index (χ1n) is 6.17. The van der Waals surface area contributed by atoms with Crippen LogP contribution in [0.2, 0.25) is 0 Å². The summed E-state index contributed by atoms with van der Waals surface area (Å²) >= 11 is 0. The number of nitrogens with zero attached hydrogens (tertiary/aromatic N) is 1. The Labute approximate surface area is 105 Å². The minimum Gasteiger partial charge on any atom is -0.394 e. The molecule has 17 heavy (non-hydrogen) atoms. The highest BCUT2D eigenvalue weighted by molar-refractivity contribution is 5.36. The van der Waals surface area contributed by atoms with Crippen LogP contribution in [0.4, 0.5) is 0 Å². The van der Waals surface area contributed by atoms with Crippen LogP contribution in [0.5, 0.6) is 0 Å². The van der Waals surface area contributed by atoms with Gasteiger partial charge in [0.15, 0.2) is 0 Å². The summed E-state index contributed by atoms with van der Waals surface area (Å²) in [5.74, 6) is 0. The Hall–Kier alpha value is -0.860. The van der Waals surface area contributed by atoms with Crippen LogP contribution >= 0.6 is 0 Å². The second kappa shape index (κ2) is 5.19. The van der Waals surface area contributed by atoms with E-state index < -0.39 is 0 Å². The molecule has 0 amide bonds. The number of hydrogen-bond donors (Lipinski definition) is 1. The van der Waals surface area contributed by atoms with Crippen molar-refractivity contribution in [2.24, 2.45) is 0 Å². The van der Waals surface area contributed by atoms with E-state index in [1.165, 1.54) is 22.3 Å². The molecule has 1 N–H and O–H groups in total. The molecular weight excluding hydrogens is 210 g/mol. The third-order valence-electron chi connectivity index (χ3n) is 3.78. The fourth-order valence-electron chi connectivity index (χ4n) is 1.78. The van der Waals surface area contributed by atoms with Gasteiger partial charge in [0.25, 0.3) is 0 Å². The van der Waals surface area contributed by atoms with Gasteiger partial charge in [-0.05, 0) is 63.9 Å². The quantitative estimate of drug-likeness (QED) is 0.867. The molecule has 0 bridgehead atoms. The molecule has 2 heteroatoms. The molecule has 0 heterocycles. The van der Waals surface area contributed by atoms with Gasteiger partial charge in [0.2, 0.25) is 0 Å². The van der Waals surface area contributed by atoms with E-state index in [9.17, 15) is 5.11 Å². The normalized spacial score (nSPS) is 12.2. The van der Waals surface area contributed by atoms with Crippen molar-refractivity contribution in [1.29, 1.82) is 0 Å². The summed E-state index contributed by atoms with van der Waals surface area (Å²) in [6.45, 7) is 11.6. The van der Waals surface area contributed by atoms with Gasteiger partial charge < -0.3 is 5.11 Å². The van der Waals surface area contributed by atoms with E-state index in [2.05, 4.69) is 58.7 Å². The molecule has 1 aromatic carbocycles. The van der Waals surface area contributed by atoms with Crippen LogP contribution in [0.15, 0.2) is 12.1 Å². The summed E-state index contributed by atoms with van der Waals surface area (Å²) in [7, 11) is 2.06. The van der Waals surface area contributed by atoms with E-state index in [0.29, 0.717) is 0 Å². The van der Waals surface area contributed by atoms with E-state index >= 15 is 0 Å². The molecule has 0 aliphatic rings. The molecule has 0 spiro atoms. The van der Waals surface area contributed by atoms with Crippen molar-refractivity contribution < 1.29 is 5.11 Å². The second-order valence-corrected chi connectivity index (χ2v) is 5.69. The largest absolute Gasteiger partial charge is 0.394 e. The first-order chi connectivity index (χ1) is 7.77. The Balaban J connectivity index is 2.93. The summed E-state index contributed by atoms with van der Waals surface area (Å²) in [5.41, 5.74) is 5.17. The van der Waals surface area contributed by atoms with Crippen LogP contribution in [-0.2, 0) is 6.54 Å². The zero-order chi connectivity index (χ0) is 13.2. The summed E-state index contributed by atoms with van der Waals surface area (Å²) in [4.78, 5) is 2.20. The fourth-order valence-corrected chi connectivity index (χ4v) is 1.78. The monoisotopic (exact) mass is 235 g/mol. The van der Waals surface area contributed by atoms with Crippen LogP contribution in [0.25, 0.3) is 0 Å². The first kappa shape index (κ1) is 14.2. The Kier molecular flexibility index (Phi) is 4.34. The van der Waals surface area contributed by atoms with Gasteiger partial charge >= 0.3 is 0 Å². The Morgan fingerprint density at radius 2 is 1.59 bits per heavy atom. The predicted molar refractivity (Wildman–Crippen MR) is 73.3 cm³/mol. The molecule has 0 fully saturated rings. The first-order valence-corrected chi connectivity index (χ1v) is 6.17. The number of aryl methyl sites for hydroxylation is 3. The minimum atomic E-state index is -0.175. The van der Waals surface area contributed by atoms with Crippen molar-refractivity contribution in [2.45, 2.75) is 46.7 Å². The molecule has 0 unspecified atom stereocenters. The van der Waals surface area contributed by atoms with Gasteiger partial charge in [-0.15, -0.1) is 0 Å². The van der Waals surface area contributed by atoms with Gasteiger partial charge in [-0.2, -0.15) is 0 Å². The number of aliphatic hydroxyl groups is 1. The highest BCUT2D eigenvalue weighted by Gasteiger charge is 2.22.